The van der Waals surface area contributed by atoms with E-state index in [1.807, 2.05) is 18.2 Å². The minimum atomic E-state index is -4.36. The summed E-state index contributed by atoms with van der Waals surface area (Å²) in [6.45, 7) is 3.17. The van der Waals surface area contributed by atoms with E-state index >= 15 is 0 Å². The molecule has 0 spiro atoms. The summed E-state index contributed by atoms with van der Waals surface area (Å²) in [5.74, 6) is 3.65. The van der Waals surface area contributed by atoms with E-state index in [0.29, 0.717) is 23.5 Å². The van der Waals surface area contributed by atoms with Crippen molar-refractivity contribution in [3.63, 3.8) is 0 Å². The fourth-order valence-electron chi connectivity index (χ4n) is 4.70. The van der Waals surface area contributed by atoms with Crippen molar-refractivity contribution in [1.29, 1.82) is 5.26 Å². The number of alkyl halides is 3. The molecule has 2 aliphatic rings. The van der Waals surface area contributed by atoms with E-state index < -0.39 is 12.6 Å². The van der Waals surface area contributed by atoms with Gasteiger partial charge in [-0.3, -0.25) is 0 Å². The normalized spacial score (nSPS) is 21.3. The zero-order valence-electron chi connectivity index (χ0n) is 18.4. The molecular weight excluding hydrogens is 447 g/mol. The Balaban J connectivity index is 1.36. The standard InChI is InChI=1S/C25H26F3N3OS/c1-17-30-33-13-12-31(17)22-7-2-18(3-8-22)19-4-9-23(10-5-19)32-24-11-6-20(15-25(26,27)28)21(14-24)16-29/h4-6,9-11,14,18,22H,2-3,7-8,12-13,15H2,1H3. The molecule has 0 atom stereocenters. The fourth-order valence-corrected chi connectivity index (χ4v) is 5.36. The molecule has 1 heterocycles. The molecule has 2 aromatic rings. The summed E-state index contributed by atoms with van der Waals surface area (Å²) in [4.78, 5) is 2.46. The first-order chi connectivity index (χ1) is 15.8. The number of hydrogen-bond acceptors (Lipinski definition) is 5. The van der Waals surface area contributed by atoms with Gasteiger partial charge < -0.3 is 9.64 Å². The van der Waals surface area contributed by atoms with Gasteiger partial charge in [-0.2, -0.15) is 18.4 Å². The predicted octanol–water partition coefficient (Wildman–Crippen LogP) is 6.86. The Bertz CT molecular complexity index is 1040. The molecule has 0 bridgehead atoms. The van der Waals surface area contributed by atoms with E-state index in [4.69, 9.17) is 4.74 Å². The van der Waals surface area contributed by atoms with Crippen LogP contribution in [-0.2, 0) is 6.42 Å². The van der Waals surface area contributed by atoms with E-state index in [2.05, 4.69) is 28.4 Å². The third-order valence-corrected chi connectivity index (χ3v) is 7.11. The number of nitriles is 1. The zero-order chi connectivity index (χ0) is 23.4. The predicted molar refractivity (Wildman–Crippen MR) is 125 cm³/mol. The Morgan fingerprint density at radius 1 is 1.09 bits per heavy atom. The lowest BCUT2D eigenvalue weighted by Gasteiger charge is -2.39. The lowest BCUT2D eigenvalue weighted by molar-refractivity contribution is -0.127. The van der Waals surface area contributed by atoms with E-state index in [9.17, 15) is 18.4 Å². The number of benzene rings is 2. The van der Waals surface area contributed by atoms with Gasteiger partial charge in [-0.25, -0.2) is 4.40 Å². The van der Waals surface area contributed by atoms with Crippen LogP contribution in [0.4, 0.5) is 13.2 Å². The number of amidine groups is 1. The van der Waals surface area contributed by atoms with Crippen LogP contribution in [0.1, 0.15) is 55.2 Å². The molecule has 4 nitrogen and oxygen atoms in total. The summed E-state index contributed by atoms with van der Waals surface area (Å²) >= 11 is 1.65. The number of halogens is 3. The molecule has 1 aliphatic carbocycles. The number of nitrogens with zero attached hydrogens (tertiary/aromatic N) is 3. The van der Waals surface area contributed by atoms with Gasteiger partial charge in [-0.05, 0) is 85.9 Å². The largest absolute Gasteiger partial charge is 0.457 e. The third kappa shape index (κ3) is 6.02. The number of hydrogen-bond donors (Lipinski definition) is 0. The maximum absolute atomic E-state index is 12.7. The summed E-state index contributed by atoms with van der Waals surface area (Å²) in [5.41, 5.74) is 1.21. The van der Waals surface area contributed by atoms with Gasteiger partial charge in [-0.15, -0.1) is 0 Å². The monoisotopic (exact) mass is 473 g/mol. The SMILES string of the molecule is CC1=NSCCN1C1CCC(c2ccc(Oc3ccc(CC(F)(F)F)c(C#N)c3)cc2)CC1. The average Bonchev–Trinajstić information content (AvgIpc) is 2.80. The second-order valence-electron chi connectivity index (χ2n) is 8.56. The molecule has 33 heavy (non-hydrogen) atoms. The van der Waals surface area contributed by atoms with Crippen molar-refractivity contribution in [2.24, 2.45) is 4.40 Å². The quantitative estimate of drug-likeness (QED) is 0.445. The van der Waals surface area contributed by atoms with Crippen molar-refractivity contribution in [2.75, 3.05) is 12.3 Å². The zero-order valence-corrected chi connectivity index (χ0v) is 19.3. The van der Waals surface area contributed by atoms with Crippen molar-refractivity contribution in [3.05, 3.63) is 59.2 Å². The Hall–Kier alpha value is -2.66. The molecule has 1 saturated carbocycles. The van der Waals surface area contributed by atoms with E-state index in [-0.39, 0.29) is 11.1 Å². The molecule has 0 N–H and O–H groups in total. The van der Waals surface area contributed by atoms with Gasteiger partial charge in [0.2, 0.25) is 0 Å². The van der Waals surface area contributed by atoms with Crippen LogP contribution in [0.2, 0.25) is 0 Å². The molecule has 1 fully saturated rings. The van der Waals surface area contributed by atoms with E-state index in [0.717, 1.165) is 43.8 Å². The molecule has 2 aromatic carbocycles. The second kappa shape index (κ2) is 10.1. The highest BCUT2D eigenvalue weighted by Gasteiger charge is 2.30. The van der Waals surface area contributed by atoms with Gasteiger partial charge in [0.15, 0.2) is 0 Å². The molecule has 0 saturated heterocycles. The van der Waals surface area contributed by atoms with Crippen molar-refractivity contribution < 1.29 is 17.9 Å². The Labute approximate surface area is 196 Å². The molecule has 4 rings (SSSR count). The fraction of sp³-hybridized carbons (Fsp3) is 0.440. The van der Waals surface area contributed by atoms with Crippen LogP contribution in [-0.4, -0.2) is 35.3 Å². The molecule has 174 valence electrons. The van der Waals surface area contributed by atoms with Crippen LogP contribution in [0.5, 0.6) is 11.5 Å². The van der Waals surface area contributed by atoms with E-state index in [1.54, 1.807) is 11.9 Å². The minimum Gasteiger partial charge on any atom is -0.457 e. The lowest BCUT2D eigenvalue weighted by Crippen LogP contribution is -2.43. The average molecular weight is 474 g/mol. The van der Waals surface area contributed by atoms with Gasteiger partial charge in [0, 0.05) is 18.3 Å². The first-order valence-electron chi connectivity index (χ1n) is 11.1. The molecule has 1 aliphatic heterocycles. The van der Waals surface area contributed by atoms with Gasteiger partial charge in [0.05, 0.1) is 18.1 Å². The van der Waals surface area contributed by atoms with Crippen molar-refractivity contribution in [3.8, 4) is 17.6 Å². The smallest absolute Gasteiger partial charge is 0.393 e. The summed E-state index contributed by atoms with van der Waals surface area (Å²) in [5, 5.41) is 9.22. The van der Waals surface area contributed by atoms with Crippen LogP contribution in [0.15, 0.2) is 46.9 Å². The summed E-state index contributed by atoms with van der Waals surface area (Å²) in [6, 6.07) is 14.4. The van der Waals surface area contributed by atoms with Crippen molar-refractivity contribution in [2.45, 2.75) is 57.2 Å². The minimum absolute atomic E-state index is 0.0224. The highest BCUT2D eigenvalue weighted by molar-refractivity contribution is 7.98. The maximum Gasteiger partial charge on any atom is 0.393 e. The lowest BCUT2D eigenvalue weighted by atomic mass is 9.81. The van der Waals surface area contributed by atoms with Crippen LogP contribution in [0, 0.1) is 11.3 Å². The molecule has 0 amide bonds. The van der Waals surface area contributed by atoms with Crippen LogP contribution in [0.25, 0.3) is 0 Å². The van der Waals surface area contributed by atoms with Crippen LogP contribution in [0.3, 0.4) is 0 Å². The summed E-state index contributed by atoms with van der Waals surface area (Å²) in [7, 11) is 0. The van der Waals surface area contributed by atoms with Gasteiger partial charge >= 0.3 is 6.18 Å². The number of rotatable bonds is 5. The third-order valence-electron chi connectivity index (χ3n) is 6.35. The molecule has 0 aromatic heterocycles. The first kappa shape index (κ1) is 23.5. The summed E-state index contributed by atoms with van der Waals surface area (Å²) in [6.07, 6.45) is -0.913. The van der Waals surface area contributed by atoms with Gasteiger partial charge in [0.1, 0.15) is 17.3 Å². The number of ether oxygens (including phenoxy) is 1. The molecular formula is C25H26F3N3OS. The molecule has 0 radical (unpaired) electrons. The molecule has 8 heteroatoms. The molecule has 0 unspecified atom stereocenters. The van der Waals surface area contributed by atoms with Gasteiger partial charge in [-0.1, -0.05) is 18.2 Å². The topological polar surface area (TPSA) is 48.6 Å². The Kier molecular flexibility index (Phi) is 7.18. The Morgan fingerprint density at radius 3 is 2.42 bits per heavy atom. The Morgan fingerprint density at radius 2 is 1.79 bits per heavy atom. The highest BCUT2D eigenvalue weighted by Crippen LogP contribution is 2.37. The van der Waals surface area contributed by atoms with Crippen LogP contribution < -0.4 is 4.74 Å². The first-order valence-corrected chi connectivity index (χ1v) is 12.1. The summed E-state index contributed by atoms with van der Waals surface area (Å²) < 4.78 is 48.4. The highest BCUT2D eigenvalue weighted by atomic mass is 32.2. The van der Waals surface area contributed by atoms with Crippen molar-refractivity contribution >= 4 is 17.8 Å². The van der Waals surface area contributed by atoms with Gasteiger partial charge in [0.25, 0.3) is 0 Å². The second-order valence-corrected chi connectivity index (χ2v) is 9.41. The maximum atomic E-state index is 12.7. The van der Waals surface area contributed by atoms with Crippen LogP contribution >= 0.6 is 11.9 Å². The van der Waals surface area contributed by atoms with Crippen molar-refractivity contribution in [1.82, 2.24) is 4.90 Å². The van der Waals surface area contributed by atoms with E-state index in [1.165, 1.54) is 23.8 Å².